The predicted octanol–water partition coefficient (Wildman–Crippen LogP) is 2.79. The number of hydrogen-bond acceptors (Lipinski definition) is 5. The van der Waals surface area contributed by atoms with Gasteiger partial charge < -0.3 is 25.1 Å². The van der Waals surface area contributed by atoms with Crippen molar-refractivity contribution >= 4 is 11.9 Å². The van der Waals surface area contributed by atoms with E-state index in [1.807, 2.05) is 21.1 Å². The van der Waals surface area contributed by atoms with Gasteiger partial charge >= 0.3 is 24.3 Å². The number of aromatic hydroxyl groups is 1. The molecule has 1 aromatic carbocycles. The molecule has 30 heavy (non-hydrogen) atoms. The Bertz CT molecular complexity index is 655. The number of nitrogens with zero attached hydrogens (tertiary/aromatic N) is 2. The molecule has 0 atom stereocenters. The van der Waals surface area contributed by atoms with Gasteiger partial charge in [-0.1, -0.05) is 0 Å². The first-order chi connectivity index (χ1) is 13.4. The standard InChI is InChI=1S/C12H19FN2O.2C2HF3O2/c1-14(2)6-7-15(3)9-10-8-11(13)4-5-12(10)16;2*3-2(4,5)1(6)7/h4-5,8,16H,6-7,9H2,1-3H3;2*(H,6,7). The fraction of sp³-hybridized carbons (Fsp3) is 0.500. The van der Waals surface area contributed by atoms with Gasteiger partial charge in [0.05, 0.1) is 0 Å². The molecular formula is C16H21F7N2O5. The van der Waals surface area contributed by atoms with Gasteiger partial charge in [0.25, 0.3) is 0 Å². The molecule has 0 bridgehead atoms. The first kappa shape index (κ1) is 29.6. The van der Waals surface area contributed by atoms with Crippen molar-refractivity contribution in [3.8, 4) is 5.75 Å². The minimum atomic E-state index is -5.08. The van der Waals surface area contributed by atoms with Gasteiger partial charge in [0.2, 0.25) is 0 Å². The van der Waals surface area contributed by atoms with E-state index in [9.17, 15) is 35.8 Å². The van der Waals surface area contributed by atoms with E-state index in [0.717, 1.165) is 13.1 Å². The summed E-state index contributed by atoms with van der Waals surface area (Å²) in [6, 6.07) is 4.03. The number of hydrogen-bond donors (Lipinski definition) is 3. The summed E-state index contributed by atoms with van der Waals surface area (Å²) in [6.45, 7) is 2.37. The first-order valence-corrected chi connectivity index (χ1v) is 7.78. The van der Waals surface area contributed by atoms with Gasteiger partial charge in [-0.3, -0.25) is 0 Å². The maximum absolute atomic E-state index is 13.0. The van der Waals surface area contributed by atoms with E-state index < -0.39 is 24.3 Å². The molecule has 0 spiro atoms. The van der Waals surface area contributed by atoms with E-state index >= 15 is 0 Å². The smallest absolute Gasteiger partial charge is 0.490 e. The van der Waals surface area contributed by atoms with E-state index in [1.165, 1.54) is 18.2 Å². The van der Waals surface area contributed by atoms with Crippen molar-refractivity contribution in [2.24, 2.45) is 0 Å². The van der Waals surface area contributed by atoms with Crippen LogP contribution in [0.5, 0.6) is 5.75 Å². The molecule has 1 aromatic rings. The molecule has 0 aliphatic heterocycles. The van der Waals surface area contributed by atoms with Gasteiger partial charge in [0.1, 0.15) is 11.6 Å². The van der Waals surface area contributed by atoms with Gasteiger partial charge in [-0.2, -0.15) is 26.3 Å². The Morgan fingerprint density at radius 3 is 1.63 bits per heavy atom. The quantitative estimate of drug-likeness (QED) is 0.589. The number of phenolic OH excluding ortho intramolecular Hbond substituents is 1. The highest BCUT2D eigenvalue weighted by Crippen LogP contribution is 2.19. The molecule has 7 nitrogen and oxygen atoms in total. The normalized spacial score (nSPS) is 11.3. The third kappa shape index (κ3) is 15.3. The van der Waals surface area contributed by atoms with Crippen molar-refractivity contribution in [2.45, 2.75) is 18.9 Å². The van der Waals surface area contributed by atoms with Gasteiger partial charge in [0, 0.05) is 25.2 Å². The van der Waals surface area contributed by atoms with Crippen molar-refractivity contribution in [3.05, 3.63) is 29.6 Å². The average Bonchev–Trinajstić information content (AvgIpc) is 2.55. The van der Waals surface area contributed by atoms with Crippen LogP contribution in [0.4, 0.5) is 30.7 Å². The van der Waals surface area contributed by atoms with Crippen molar-refractivity contribution in [1.82, 2.24) is 9.80 Å². The summed E-state index contributed by atoms with van der Waals surface area (Å²) in [6.07, 6.45) is -10.2. The van der Waals surface area contributed by atoms with Crippen LogP contribution in [-0.4, -0.2) is 83.6 Å². The Labute approximate surface area is 166 Å². The fourth-order valence-electron chi connectivity index (χ4n) is 1.42. The second-order valence-electron chi connectivity index (χ2n) is 5.92. The first-order valence-electron chi connectivity index (χ1n) is 7.78. The van der Waals surface area contributed by atoms with Crippen LogP contribution >= 0.6 is 0 Å². The lowest BCUT2D eigenvalue weighted by atomic mass is 10.2. The number of carbonyl (C=O) groups is 2. The van der Waals surface area contributed by atoms with Crippen LogP contribution < -0.4 is 0 Å². The highest BCUT2D eigenvalue weighted by atomic mass is 19.4. The summed E-state index contributed by atoms with van der Waals surface area (Å²) in [5.74, 6) is -5.67. The van der Waals surface area contributed by atoms with Crippen molar-refractivity contribution < 1.29 is 55.6 Å². The van der Waals surface area contributed by atoms with Crippen LogP contribution in [0.2, 0.25) is 0 Å². The van der Waals surface area contributed by atoms with E-state index in [2.05, 4.69) is 9.80 Å². The molecule has 0 unspecified atom stereocenters. The lowest BCUT2D eigenvalue weighted by Crippen LogP contribution is -2.28. The van der Waals surface area contributed by atoms with Crippen LogP contribution in [0.1, 0.15) is 5.56 Å². The number of halogens is 7. The Balaban J connectivity index is 0. The third-order valence-corrected chi connectivity index (χ3v) is 2.90. The Morgan fingerprint density at radius 2 is 1.30 bits per heavy atom. The molecule has 0 radical (unpaired) electrons. The summed E-state index contributed by atoms with van der Waals surface area (Å²) >= 11 is 0. The minimum absolute atomic E-state index is 0.151. The molecule has 0 saturated carbocycles. The summed E-state index contributed by atoms with van der Waals surface area (Å²) in [7, 11) is 5.97. The van der Waals surface area contributed by atoms with Gasteiger partial charge in [-0.15, -0.1) is 0 Å². The highest BCUT2D eigenvalue weighted by molar-refractivity contribution is 5.73. The van der Waals surface area contributed by atoms with Crippen LogP contribution in [-0.2, 0) is 16.1 Å². The lowest BCUT2D eigenvalue weighted by molar-refractivity contribution is -0.193. The summed E-state index contributed by atoms with van der Waals surface area (Å²) < 4.78 is 76.4. The van der Waals surface area contributed by atoms with Gasteiger partial charge in [0.15, 0.2) is 0 Å². The Morgan fingerprint density at radius 1 is 0.900 bits per heavy atom. The molecule has 0 aliphatic carbocycles. The molecule has 1 rings (SSSR count). The molecule has 174 valence electrons. The Hall–Kier alpha value is -2.61. The second kappa shape index (κ2) is 12.8. The molecule has 0 saturated heterocycles. The molecule has 0 aromatic heterocycles. The number of rotatable bonds is 5. The number of carboxylic acids is 2. The molecule has 0 fully saturated rings. The Kier molecular flexibility index (Phi) is 12.7. The maximum Gasteiger partial charge on any atom is 0.490 e. The van der Waals surface area contributed by atoms with Crippen LogP contribution in [0.15, 0.2) is 18.2 Å². The fourth-order valence-corrected chi connectivity index (χ4v) is 1.42. The van der Waals surface area contributed by atoms with Gasteiger partial charge in [-0.25, -0.2) is 14.0 Å². The summed E-state index contributed by atoms with van der Waals surface area (Å²) in [5, 5.41) is 23.8. The monoisotopic (exact) mass is 454 g/mol. The number of carboxylic acid groups (broad SMARTS) is 2. The maximum atomic E-state index is 13.0. The average molecular weight is 454 g/mol. The highest BCUT2D eigenvalue weighted by Gasteiger charge is 2.38. The van der Waals surface area contributed by atoms with E-state index in [4.69, 9.17) is 19.8 Å². The van der Waals surface area contributed by atoms with Gasteiger partial charge in [-0.05, 0) is 39.3 Å². The zero-order chi connectivity index (χ0) is 24.3. The van der Waals surface area contributed by atoms with E-state index in [1.54, 1.807) is 0 Å². The number of aliphatic carboxylic acids is 2. The summed E-state index contributed by atoms with van der Waals surface area (Å²) in [4.78, 5) is 21.9. The number of benzene rings is 1. The number of phenols is 1. The minimum Gasteiger partial charge on any atom is -0.508 e. The molecule has 14 heteroatoms. The predicted molar refractivity (Wildman–Crippen MR) is 90.3 cm³/mol. The molecular weight excluding hydrogens is 433 g/mol. The number of likely N-dealkylation sites (N-methyl/N-ethyl adjacent to an activating group) is 2. The van der Waals surface area contributed by atoms with Crippen molar-refractivity contribution in [1.29, 1.82) is 0 Å². The lowest BCUT2D eigenvalue weighted by Gasteiger charge is -2.19. The molecule has 0 amide bonds. The molecule has 0 heterocycles. The largest absolute Gasteiger partial charge is 0.508 e. The van der Waals surface area contributed by atoms with Crippen molar-refractivity contribution in [3.63, 3.8) is 0 Å². The van der Waals surface area contributed by atoms with E-state index in [-0.39, 0.29) is 11.6 Å². The topological polar surface area (TPSA) is 101 Å². The van der Waals surface area contributed by atoms with Crippen LogP contribution in [0.25, 0.3) is 0 Å². The SMILES string of the molecule is CN(C)CCN(C)Cc1cc(F)ccc1O.O=C(O)C(F)(F)F.O=C(O)C(F)(F)F. The van der Waals surface area contributed by atoms with Crippen LogP contribution in [0.3, 0.4) is 0 Å². The molecule has 3 N–H and O–H groups in total. The number of alkyl halides is 6. The third-order valence-electron chi connectivity index (χ3n) is 2.90. The zero-order valence-corrected chi connectivity index (χ0v) is 16.1. The summed E-state index contributed by atoms with van der Waals surface area (Å²) in [5.41, 5.74) is 0.626. The van der Waals surface area contributed by atoms with E-state index in [0.29, 0.717) is 12.1 Å². The second-order valence-corrected chi connectivity index (χ2v) is 5.92. The molecule has 0 aliphatic rings. The zero-order valence-electron chi connectivity index (χ0n) is 16.1. The van der Waals surface area contributed by atoms with Crippen LogP contribution in [0, 0.1) is 5.82 Å². The van der Waals surface area contributed by atoms with Crippen molar-refractivity contribution in [2.75, 3.05) is 34.2 Å².